The Morgan fingerprint density at radius 2 is 1.56 bits per heavy atom. The summed E-state index contributed by atoms with van der Waals surface area (Å²) in [6.45, 7) is 8.16. The van der Waals surface area contributed by atoms with Crippen molar-refractivity contribution in [1.29, 1.82) is 0 Å². The standard InChI is InChI=1S/C18H18/c1-4-16-10-6-7-11-17(16)13-15(3)18-12-8-5-9-14(18)2/h4-13H,1H2,2-3H3/b15-13+. The van der Waals surface area contributed by atoms with Gasteiger partial charge >= 0.3 is 0 Å². The molecule has 2 aromatic rings. The van der Waals surface area contributed by atoms with Crippen molar-refractivity contribution in [2.24, 2.45) is 0 Å². The molecular formula is C18H18. The third-order valence-electron chi connectivity index (χ3n) is 3.16. The van der Waals surface area contributed by atoms with E-state index < -0.39 is 0 Å². The maximum Gasteiger partial charge on any atom is -0.0181 e. The molecule has 0 heteroatoms. The normalized spacial score (nSPS) is 11.3. The second-order valence-electron chi connectivity index (χ2n) is 4.48. The quantitative estimate of drug-likeness (QED) is 0.640. The van der Waals surface area contributed by atoms with Crippen molar-refractivity contribution in [3.05, 3.63) is 77.4 Å². The number of aryl methyl sites for hydroxylation is 1. The van der Waals surface area contributed by atoms with Crippen LogP contribution in [0.25, 0.3) is 17.7 Å². The molecular weight excluding hydrogens is 216 g/mol. The van der Waals surface area contributed by atoms with Gasteiger partial charge < -0.3 is 0 Å². The predicted octanol–water partition coefficient (Wildman–Crippen LogP) is 5.20. The molecule has 0 heterocycles. The Morgan fingerprint density at radius 1 is 0.944 bits per heavy atom. The predicted molar refractivity (Wildman–Crippen MR) is 81.3 cm³/mol. The van der Waals surface area contributed by atoms with Crippen LogP contribution in [-0.4, -0.2) is 0 Å². The molecule has 90 valence electrons. The summed E-state index contributed by atoms with van der Waals surface area (Å²) < 4.78 is 0. The van der Waals surface area contributed by atoms with Crippen LogP contribution in [0.15, 0.2) is 55.1 Å². The molecule has 0 saturated carbocycles. The fraction of sp³-hybridized carbons (Fsp3) is 0.111. The van der Waals surface area contributed by atoms with Crippen molar-refractivity contribution in [1.82, 2.24) is 0 Å². The molecule has 0 aliphatic carbocycles. The van der Waals surface area contributed by atoms with E-state index in [1.807, 2.05) is 12.1 Å². The Labute approximate surface area is 109 Å². The molecule has 2 aromatic carbocycles. The monoisotopic (exact) mass is 234 g/mol. The third kappa shape index (κ3) is 2.60. The zero-order valence-corrected chi connectivity index (χ0v) is 11.0. The minimum atomic E-state index is 1.17. The molecule has 0 radical (unpaired) electrons. The Hall–Kier alpha value is -2.08. The molecule has 0 amide bonds. The lowest BCUT2D eigenvalue weighted by Gasteiger charge is -2.07. The number of hydrogen-bond acceptors (Lipinski definition) is 0. The van der Waals surface area contributed by atoms with Crippen molar-refractivity contribution >= 4 is 17.7 Å². The lowest BCUT2D eigenvalue weighted by Crippen LogP contribution is -1.86. The van der Waals surface area contributed by atoms with E-state index in [2.05, 4.69) is 69.0 Å². The van der Waals surface area contributed by atoms with Gasteiger partial charge in [0.05, 0.1) is 0 Å². The fourth-order valence-corrected chi connectivity index (χ4v) is 2.15. The smallest absolute Gasteiger partial charge is 0.0181 e. The van der Waals surface area contributed by atoms with E-state index in [9.17, 15) is 0 Å². The summed E-state index contributed by atoms with van der Waals surface area (Å²) in [6, 6.07) is 16.8. The zero-order chi connectivity index (χ0) is 13.0. The minimum absolute atomic E-state index is 1.17. The summed E-state index contributed by atoms with van der Waals surface area (Å²) in [5.74, 6) is 0. The number of benzene rings is 2. The first kappa shape index (κ1) is 12.4. The van der Waals surface area contributed by atoms with Crippen molar-refractivity contribution in [3.8, 4) is 0 Å². The highest BCUT2D eigenvalue weighted by atomic mass is 14.1. The van der Waals surface area contributed by atoms with Gasteiger partial charge in [0.2, 0.25) is 0 Å². The molecule has 0 fully saturated rings. The number of hydrogen-bond donors (Lipinski definition) is 0. The molecule has 0 bridgehead atoms. The van der Waals surface area contributed by atoms with Crippen LogP contribution in [0, 0.1) is 6.92 Å². The van der Waals surface area contributed by atoms with E-state index in [0.29, 0.717) is 0 Å². The van der Waals surface area contributed by atoms with Gasteiger partial charge in [-0.2, -0.15) is 0 Å². The summed E-state index contributed by atoms with van der Waals surface area (Å²) in [5, 5.41) is 0. The highest BCUT2D eigenvalue weighted by Gasteiger charge is 2.01. The summed E-state index contributed by atoms with van der Waals surface area (Å²) in [5.41, 5.74) is 6.28. The number of allylic oxidation sites excluding steroid dienone is 1. The maximum atomic E-state index is 3.86. The lowest BCUT2D eigenvalue weighted by atomic mass is 9.98. The van der Waals surface area contributed by atoms with Gasteiger partial charge in [0.25, 0.3) is 0 Å². The van der Waals surface area contributed by atoms with Gasteiger partial charge in [-0.25, -0.2) is 0 Å². The van der Waals surface area contributed by atoms with Crippen LogP contribution in [-0.2, 0) is 0 Å². The first-order valence-corrected chi connectivity index (χ1v) is 6.18. The average molecular weight is 234 g/mol. The first-order chi connectivity index (χ1) is 8.72. The van der Waals surface area contributed by atoms with Gasteiger partial charge in [0, 0.05) is 0 Å². The van der Waals surface area contributed by atoms with Crippen LogP contribution in [0.4, 0.5) is 0 Å². The average Bonchev–Trinajstić information content (AvgIpc) is 2.39. The van der Waals surface area contributed by atoms with Crippen LogP contribution in [0.3, 0.4) is 0 Å². The van der Waals surface area contributed by atoms with Crippen LogP contribution in [0.1, 0.15) is 29.2 Å². The van der Waals surface area contributed by atoms with Gasteiger partial charge in [-0.05, 0) is 41.7 Å². The molecule has 0 aromatic heterocycles. The van der Waals surface area contributed by atoms with Crippen molar-refractivity contribution in [3.63, 3.8) is 0 Å². The Morgan fingerprint density at radius 3 is 2.22 bits per heavy atom. The first-order valence-electron chi connectivity index (χ1n) is 6.18. The van der Waals surface area contributed by atoms with Crippen LogP contribution >= 0.6 is 0 Å². The molecule has 0 aliphatic heterocycles. The summed E-state index contributed by atoms with van der Waals surface area (Å²) in [4.78, 5) is 0. The van der Waals surface area contributed by atoms with Gasteiger partial charge in [-0.1, -0.05) is 67.3 Å². The molecule has 2 rings (SSSR count). The molecule has 0 spiro atoms. The van der Waals surface area contributed by atoms with E-state index in [0.717, 1.165) is 0 Å². The largest absolute Gasteiger partial charge is 0.0984 e. The van der Waals surface area contributed by atoms with E-state index in [-0.39, 0.29) is 0 Å². The third-order valence-corrected chi connectivity index (χ3v) is 3.16. The summed E-state index contributed by atoms with van der Waals surface area (Å²) in [7, 11) is 0. The van der Waals surface area contributed by atoms with Crippen LogP contribution < -0.4 is 0 Å². The molecule has 0 unspecified atom stereocenters. The second kappa shape index (κ2) is 5.50. The van der Waals surface area contributed by atoms with Crippen LogP contribution in [0.5, 0.6) is 0 Å². The zero-order valence-electron chi connectivity index (χ0n) is 11.0. The van der Waals surface area contributed by atoms with Crippen LogP contribution in [0.2, 0.25) is 0 Å². The van der Waals surface area contributed by atoms with E-state index >= 15 is 0 Å². The van der Waals surface area contributed by atoms with Gasteiger partial charge in [-0.15, -0.1) is 0 Å². The minimum Gasteiger partial charge on any atom is -0.0984 e. The molecule has 18 heavy (non-hydrogen) atoms. The molecule has 0 nitrogen and oxygen atoms in total. The van der Waals surface area contributed by atoms with Gasteiger partial charge in [-0.3, -0.25) is 0 Å². The van der Waals surface area contributed by atoms with Gasteiger partial charge in [0.1, 0.15) is 0 Å². The summed E-state index contributed by atoms with van der Waals surface area (Å²) >= 11 is 0. The second-order valence-corrected chi connectivity index (χ2v) is 4.48. The van der Waals surface area contributed by atoms with E-state index in [4.69, 9.17) is 0 Å². The maximum absolute atomic E-state index is 3.86. The van der Waals surface area contributed by atoms with Crippen molar-refractivity contribution in [2.75, 3.05) is 0 Å². The Bertz CT molecular complexity index is 588. The molecule has 0 N–H and O–H groups in total. The van der Waals surface area contributed by atoms with Crippen molar-refractivity contribution < 1.29 is 0 Å². The topological polar surface area (TPSA) is 0 Å². The number of rotatable bonds is 3. The molecule has 0 saturated heterocycles. The highest BCUT2D eigenvalue weighted by Crippen LogP contribution is 2.22. The fourth-order valence-electron chi connectivity index (χ4n) is 2.15. The lowest BCUT2D eigenvalue weighted by molar-refractivity contribution is 1.41. The SMILES string of the molecule is C=Cc1ccccc1/C=C(\C)c1ccccc1C. The summed E-state index contributed by atoms with van der Waals surface area (Å²) in [6.07, 6.45) is 4.12. The molecule has 0 atom stereocenters. The highest BCUT2D eigenvalue weighted by molar-refractivity contribution is 5.83. The molecule has 0 aliphatic rings. The van der Waals surface area contributed by atoms with E-state index in [1.165, 1.54) is 27.8 Å². The Balaban J connectivity index is 2.45. The van der Waals surface area contributed by atoms with Crippen molar-refractivity contribution in [2.45, 2.75) is 13.8 Å². The van der Waals surface area contributed by atoms with Gasteiger partial charge in [0.15, 0.2) is 0 Å². The van der Waals surface area contributed by atoms with E-state index in [1.54, 1.807) is 0 Å². The Kier molecular flexibility index (Phi) is 3.78.